The molecule has 0 fully saturated rings. The Morgan fingerprint density at radius 3 is 2.20 bits per heavy atom. The number of carbonyl (C=O) groups excluding carboxylic acids is 1. The van der Waals surface area contributed by atoms with Crippen molar-refractivity contribution < 1.29 is 4.79 Å². The second kappa shape index (κ2) is 0.908. The van der Waals surface area contributed by atoms with E-state index in [9.17, 15) is 4.79 Å². The minimum Gasteiger partial charge on any atom is -0.290 e. The average Bonchev–Trinajstić information content (AvgIpc) is 1.30. The van der Waals surface area contributed by atoms with Gasteiger partial charge in [-0.2, -0.15) is 0 Å². The van der Waals surface area contributed by atoms with Crippen LogP contribution in [0.4, 0.5) is 0 Å². The molecule has 5 heavy (non-hydrogen) atoms. The molecule has 1 aliphatic rings. The molecule has 0 spiro atoms. The lowest BCUT2D eigenvalue weighted by Gasteiger charge is -1.92. The van der Waals surface area contributed by atoms with E-state index in [1.54, 1.807) is 6.08 Å². The minimum atomic E-state index is 0.282. The molecular weight excluding hydrogens is 83.0 g/mol. The first kappa shape index (κ1) is 3.05. The van der Waals surface area contributed by atoms with Gasteiger partial charge in [-0.05, 0) is 14.7 Å². The van der Waals surface area contributed by atoms with Crippen molar-refractivity contribution in [3.05, 3.63) is 11.9 Å². The Labute approximate surface area is 31.9 Å². The molecule has 0 radical (unpaired) electrons. The van der Waals surface area contributed by atoms with Crippen molar-refractivity contribution in [1.82, 2.24) is 0 Å². The van der Waals surface area contributed by atoms with Crippen molar-refractivity contribution in [2.24, 2.45) is 0 Å². The quantitative estimate of drug-likeness (QED) is 0.397. The van der Waals surface area contributed by atoms with Crippen molar-refractivity contribution in [2.45, 2.75) is 0 Å². The van der Waals surface area contributed by atoms with Crippen molar-refractivity contribution in [1.29, 1.82) is 0 Å². The maximum absolute atomic E-state index is 9.82. The normalized spacial score (nSPS) is 23.6. The second-order valence-electron chi connectivity index (χ2n) is 0.842. The van der Waals surface area contributed by atoms with E-state index in [0.29, 0.717) is 8.58 Å². The minimum absolute atomic E-state index is 0.282. The molecule has 0 saturated carbocycles. The summed E-state index contributed by atoms with van der Waals surface area (Å²) < 4.78 is 0. The zero-order valence-electron chi connectivity index (χ0n) is 2.56. The van der Waals surface area contributed by atoms with Crippen molar-refractivity contribution in [3.63, 3.8) is 0 Å². The Bertz CT molecular complexity index is 84.9. The van der Waals surface area contributed by atoms with Crippen LogP contribution in [0, 0.1) is 0 Å². The molecule has 1 atom stereocenters. The molecule has 0 aromatic heterocycles. The van der Waals surface area contributed by atoms with E-state index in [4.69, 9.17) is 0 Å². The Morgan fingerprint density at radius 1 is 1.80 bits per heavy atom. The average molecular weight is 86.0 g/mol. The predicted molar refractivity (Wildman–Crippen MR) is 22.5 cm³/mol. The molecule has 1 aliphatic heterocycles. The molecule has 0 N–H and O–H groups in total. The van der Waals surface area contributed by atoms with Gasteiger partial charge in [0.05, 0.1) is 0 Å². The highest BCUT2D eigenvalue weighted by molar-refractivity contribution is 7.64. The third-order valence-electron chi connectivity index (χ3n) is 0.460. The first-order chi connectivity index (χ1) is 2.39. The second-order valence-corrected chi connectivity index (χ2v) is 1.96. The number of allylic oxidation sites excluding steroid dienone is 1. The van der Waals surface area contributed by atoms with Crippen LogP contribution in [-0.4, -0.2) is 5.52 Å². The van der Waals surface area contributed by atoms with Crippen LogP contribution in [0.25, 0.3) is 0 Å². The summed E-state index contributed by atoms with van der Waals surface area (Å²) in [5, 5.41) is 0. The standard InChI is InChI=1S/C3H3OP/c4-3-1-2-5-3/h1-2,5H. The van der Waals surface area contributed by atoms with Crippen LogP contribution in [0.3, 0.4) is 0 Å². The first-order valence-corrected chi connectivity index (χ1v) is 2.44. The van der Waals surface area contributed by atoms with E-state index in [1.807, 2.05) is 5.82 Å². The van der Waals surface area contributed by atoms with Gasteiger partial charge in [-0.25, -0.2) is 0 Å². The monoisotopic (exact) mass is 86.0 g/mol. The Morgan fingerprint density at radius 2 is 2.20 bits per heavy atom. The smallest absolute Gasteiger partial charge is 0.177 e. The highest BCUT2D eigenvalue weighted by atomic mass is 31.1. The third-order valence-corrected chi connectivity index (χ3v) is 1.24. The Hall–Kier alpha value is -0.160. The van der Waals surface area contributed by atoms with Gasteiger partial charge in [0.15, 0.2) is 5.52 Å². The molecule has 0 bridgehead atoms. The summed E-state index contributed by atoms with van der Waals surface area (Å²) in [7, 11) is 0.475. The van der Waals surface area contributed by atoms with Gasteiger partial charge in [-0.15, -0.1) is 0 Å². The molecule has 0 amide bonds. The van der Waals surface area contributed by atoms with Crippen LogP contribution in [0.5, 0.6) is 0 Å². The summed E-state index contributed by atoms with van der Waals surface area (Å²) in [5.74, 6) is 1.88. The third kappa shape index (κ3) is 0.381. The molecule has 2 heteroatoms. The summed E-state index contributed by atoms with van der Waals surface area (Å²) >= 11 is 0. The van der Waals surface area contributed by atoms with E-state index in [0.717, 1.165) is 0 Å². The molecule has 0 saturated heterocycles. The molecule has 0 aliphatic carbocycles. The summed E-state index contributed by atoms with van der Waals surface area (Å²) in [6, 6.07) is 0. The largest absolute Gasteiger partial charge is 0.290 e. The fourth-order valence-corrected chi connectivity index (χ4v) is 0.454. The van der Waals surface area contributed by atoms with Crippen LogP contribution in [-0.2, 0) is 4.79 Å². The van der Waals surface area contributed by atoms with Gasteiger partial charge in [0, 0.05) is 0 Å². The first-order valence-electron chi connectivity index (χ1n) is 1.36. The van der Waals surface area contributed by atoms with Gasteiger partial charge in [0.1, 0.15) is 0 Å². The molecule has 26 valence electrons. The number of carbonyl (C=O) groups is 1. The fraction of sp³-hybridized carbons (Fsp3) is 0. The molecular formula is C3H3OP. The molecule has 0 aromatic carbocycles. The van der Waals surface area contributed by atoms with Gasteiger partial charge >= 0.3 is 0 Å². The van der Waals surface area contributed by atoms with Crippen molar-refractivity contribution in [2.75, 3.05) is 0 Å². The number of hydrogen-bond acceptors (Lipinski definition) is 1. The zero-order valence-corrected chi connectivity index (χ0v) is 3.56. The SMILES string of the molecule is O=C1C=CP1. The topological polar surface area (TPSA) is 17.1 Å². The number of rotatable bonds is 0. The van der Waals surface area contributed by atoms with E-state index < -0.39 is 0 Å². The van der Waals surface area contributed by atoms with Gasteiger partial charge in [-0.1, -0.05) is 5.82 Å². The van der Waals surface area contributed by atoms with E-state index in [2.05, 4.69) is 0 Å². The van der Waals surface area contributed by atoms with E-state index in [1.165, 1.54) is 0 Å². The van der Waals surface area contributed by atoms with Gasteiger partial charge in [0.2, 0.25) is 0 Å². The number of hydrogen-bond donors (Lipinski definition) is 0. The van der Waals surface area contributed by atoms with Crippen molar-refractivity contribution >= 4 is 14.1 Å². The van der Waals surface area contributed by atoms with Gasteiger partial charge in [0.25, 0.3) is 0 Å². The highest BCUT2D eigenvalue weighted by Gasteiger charge is 1.98. The molecule has 0 aromatic rings. The van der Waals surface area contributed by atoms with Gasteiger partial charge < -0.3 is 0 Å². The highest BCUT2D eigenvalue weighted by Crippen LogP contribution is 2.22. The maximum Gasteiger partial charge on any atom is 0.177 e. The van der Waals surface area contributed by atoms with Crippen molar-refractivity contribution in [3.8, 4) is 0 Å². The van der Waals surface area contributed by atoms with Crippen LogP contribution in [0.2, 0.25) is 0 Å². The van der Waals surface area contributed by atoms with Crippen LogP contribution < -0.4 is 0 Å². The fourth-order valence-electron chi connectivity index (χ4n) is 0.151. The summed E-state index contributed by atoms with van der Waals surface area (Å²) in [5.41, 5.74) is 0.282. The van der Waals surface area contributed by atoms with E-state index >= 15 is 0 Å². The van der Waals surface area contributed by atoms with Crippen LogP contribution in [0.1, 0.15) is 0 Å². The molecule has 1 heterocycles. The van der Waals surface area contributed by atoms with Gasteiger partial charge in [-0.3, -0.25) is 4.79 Å². The maximum atomic E-state index is 9.82. The summed E-state index contributed by atoms with van der Waals surface area (Å²) in [4.78, 5) is 9.82. The van der Waals surface area contributed by atoms with E-state index in [-0.39, 0.29) is 5.52 Å². The Kier molecular flexibility index (Phi) is 0.553. The molecule has 1 nitrogen and oxygen atoms in total. The molecule has 1 rings (SSSR count). The molecule has 1 unspecified atom stereocenters. The van der Waals surface area contributed by atoms with Crippen LogP contribution in [0.15, 0.2) is 11.9 Å². The lowest BCUT2D eigenvalue weighted by Crippen LogP contribution is -1.83. The zero-order chi connectivity index (χ0) is 3.70. The lowest BCUT2D eigenvalue weighted by atomic mass is 10.7. The van der Waals surface area contributed by atoms with Crippen LogP contribution >= 0.6 is 8.58 Å². The predicted octanol–water partition coefficient (Wildman–Crippen LogP) is 0.719. The Balaban J connectivity index is 2.71. The summed E-state index contributed by atoms with van der Waals surface area (Å²) in [6.45, 7) is 0. The lowest BCUT2D eigenvalue weighted by molar-refractivity contribution is -0.107. The summed E-state index contributed by atoms with van der Waals surface area (Å²) in [6.07, 6.45) is 1.60.